The standard InChI is InChI=1S/C19H19NO/c1-11-8-16-14(18(20)9-11)7-6-13-12-4-2-3-5-15(12)19(21)10-17(13)16/h2-7,10-11,18,21H,8-9,20H2,1H3. The Balaban J connectivity index is 2.14. The summed E-state index contributed by atoms with van der Waals surface area (Å²) in [6, 6.07) is 14.4. The fraction of sp³-hybridized carbons (Fsp3) is 0.263. The number of rotatable bonds is 0. The molecule has 0 aliphatic heterocycles. The van der Waals surface area contributed by atoms with Crippen LogP contribution in [0.1, 0.15) is 30.5 Å². The Morgan fingerprint density at radius 2 is 1.71 bits per heavy atom. The Labute approximate surface area is 124 Å². The van der Waals surface area contributed by atoms with Crippen LogP contribution in [0.2, 0.25) is 0 Å². The van der Waals surface area contributed by atoms with E-state index in [-0.39, 0.29) is 6.04 Å². The van der Waals surface area contributed by atoms with Crippen molar-refractivity contribution in [3.8, 4) is 5.75 Å². The molecule has 0 fully saturated rings. The number of hydrogen-bond acceptors (Lipinski definition) is 2. The average Bonchev–Trinajstić information content (AvgIpc) is 2.47. The van der Waals surface area contributed by atoms with E-state index in [1.165, 1.54) is 16.5 Å². The van der Waals surface area contributed by atoms with Crippen LogP contribution in [-0.2, 0) is 6.42 Å². The van der Waals surface area contributed by atoms with Gasteiger partial charge < -0.3 is 10.8 Å². The molecular weight excluding hydrogens is 258 g/mol. The fourth-order valence-corrected chi connectivity index (χ4v) is 3.80. The predicted molar refractivity (Wildman–Crippen MR) is 87.5 cm³/mol. The third kappa shape index (κ3) is 1.83. The zero-order chi connectivity index (χ0) is 14.6. The predicted octanol–water partition coefficient (Wildman–Crippen LogP) is 4.28. The monoisotopic (exact) mass is 277 g/mol. The van der Waals surface area contributed by atoms with Gasteiger partial charge >= 0.3 is 0 Å². The lowest BCUT2D eigenvalue weighted by Crippen LogP contribution is -2.22. The van der Waals surface area contributed by atoms with Crippen molar-refractivity contribution >= 4 is 21.5 Å². The van der Waals surface area contributed by atoms with Crippen molar-refractivity contribution in [3.05, 3.63) is 53.6 Å². The average molecular weight is 277 g/mol. The van der Waals surface area contributed by atoms with Gasteiger partial charge in [-0.05, 0) is 52.1 Å². The molecular formula is C19H19NO. The highest BCUT2D eigenvalue weighted by atomic mass is 16.3. The van der Waals surface area contributed by atoms with Crippen LogP contribution in [-0.4, -0.2) is 5.11 Å². The minimum atomic E-state index is 0.113. The molecule has 2 unspecified atom stereocenters. The van der Waals surface area contributed by atoms with E-state index in [1.807, 2.05) is 24.3 Å². The molecule has 2 nitrogen and oxygen atoms in total. The molecule has 0 bridgehead atoms. The summed E-state index contributed by atoms with van der Waals surface area (Å²) in [5.41, 5.74) is 8.88. The second-order valence-corrected chi connectivity index (χ2v) is 6.32. The molecule has 1 aliphatic carbocycles. The van der Waals surface area contributed by atoms with Gasteiger partial charge in [0.1, 0.15) is 5.75 Å². The van der Waals surface area contributed by atoms with Crippen LogP contribution in [0.15, 0.2) is 42.5 Å². The Bertz CT molecular complexity index is 853. The Morgan fingerprint density at radius 3 is 2.52 bits per heavy atom. The summed E-state index contributed by atoms with van der Waals surface area (Å²) in [6.07, 6.45) is 2.08. The van der Waals surface area contributed by atoms with Crippen molar-refractivity contribution < 1.29 is 5.11 Å². The van der Waals surface area contributed by atoms with Crippen molar-refractivity contribution in [2.45, 2.75) is 25.8 Å². The quantitative estimate of drug-likeness (QED) is 0.602. The number of fused-ring (bicyclic) bond motifs is 5. The van der Waals surface area contributed by atoms with Gasteiger partial charge in [-0.2, -0.15) is 0 Å². The molecule has 4 rings (SSSR count). The van der Waals surface area contributed by atoms with Crippen molar-refractivity contribution in [2.75, 3.05) is 0 Å². The first-order chi connectivity index (χ1) is 10.1. The number of hydrogen-bond donors (Lipinski definition) is 2. The molecule has 0 spiro atoms. The topological polar surface area (TPSA) is 46.2 Å². The van der Waals surface area contributed by atoms with Gasteiger partial charge in [-0.15, -0.1) is 0 Å². The lowest BCUT2D eigenvalue weighted by molar-refractivity contribution is 0.441. The van der Waals surface area contributed by atoms with Crippen LogP contribution in [0, 0.1) is 5.92 Å². The van der Waals surface area contributed by atoms with E-state index in [0.717, 1.165) is 29.0 Å². The molecule has 2 atom stereocenters. The maximum atomic E-state index is 10.4. The van der Waals surface area contributed by atoms with E-state index < -0.39 is 0 Å². The lowest BCUT2D eigenvalue weighted by Gasteiger charge is -2.28. The molecule has 3 aromatic rings. The van der Waals surface area contributed by atoms with Gasteiger partial charge in [-0.1, -0.05) is 43.3 Å². The smallest absolute Gasteiger partial charge is 0.124 e. The highest BCUT2D eigenvalue weighted by molar-refractivity contribution is 6.11. The van der Waals surface area contributed by atoms with Gasteiger partial charge in [0.15, 0.2) is 0 Å². The maximum Gasteiger partial charge on any atom is 0.124 e. The van der Waals surface area contributed by atoms with Crippen LogP contribution in [0.25, 0.3) is 21.5 Å². The number of benzene rings is 3. The molecule has 0 radical (unpaired) electrons. The van der Waals surface area contributed by atoms with E-state index in [1.54, 1.807) is 0 Å². The lowest BCUT2D eigenvalue weighted by atomic mass is 9.79. The van der Waals surface area contributed by atoms with E-state index in [4.69, 9.17) is 5.73 Å². The summed E-state index contributed by atoms with van der Waals surface area (Å²) < 4.78 is 0. The molecule has 106 valence electrons. The van der Waals surface area contributed by atoms with Crippen LogP contribution >= 0.6 is 0 Å². The second-order valence-electron chi connectivity index (χ2n) is 6.32. The molecule has 0 heterocycles. The summed E-state index contributed by atoms with van der Waals surface area (Å²) in [5, 5.41) is 14.8. The highest BCUT2D eigenvalue weighted by Crippen LogP contribution is 2.40. The molecule has 0 saturated heterocycles. The number of phenolic OH excluding ortho intramolecular Hbond substituents is 1. The Kier molecular flexibility index (Phi) is 2.69. The van der Waals surface area contributed by atoms with Gasteiger partial charge in [0, 0.05) is 11.4 Å². The summed E-state index contributed by atoms with van der Waals surface area (Å²) >= 11 is 0. The minimum Gasteiger partial charge on any atom is -0.507 e. The number of nitrogens with two attached hydrogens (primary N) is 1. The zero-order valence-electron chi connectivity index (χ0n) is 12.1. The highest BCUT2D eigenvalue weighted by Gasteiger charge is 2.24. The van der Waals surface area contributed by atoms with Crippen LogP contribution in [0.4, 0.5) is 0 Å². The molecule has 1 aliphatic rings. The van der Waals surface area contributed by atoms with Crippen LogP contribution in [0.5, 0.6) is 5.75 Å². The molecule has 3 N–H and O–H groups in total. The minimum absolute atomic E-state index is 0.113. The SMILES string of the molecule is CC1Cc2c(ccc3c2cc(O)c2ccccc23)C(N)C1. The van der Waals surface area contributed by atoms with Crippen molar-refractivity contribution in [1.82, 2.24) is 0 Å². The van der Waals surface area contributed by atoms with Gasteiger partial charge in [-0.25, -0.2) is 0 Å². The first kappa shape index (κ1) is 12.7. The van der Waals surface area contributed by atoms with Crippen molar-refractivity contribution in [3.63, 3.8) is 0 Å². The van der Waals surface area contributed by atoms with E-state index in [9.17, 15) is 5.11 Å². The summed E-state index contributed by atoms with van der Waals surface area (Å²) in [6.45, 7) is 2.25. The zero-order valence-corrected chi connectivity index (χ0v) is 12.1. The van der Waals surface area contributed by atoms with Crippen molar-refractivity contribution in [2.24, 2.45) is 11.7 Å². The van der Waals surface area contributed by atoms with E-state index in [0.29, 0.717) is 11.7 Å². The van der Waals surface area contributed by atoms with E-state index in [2.05, 4.69) is 25.1 Å². The molecule has 3 aromatic carbocycles. The molecule has 21 heavy (non-hydrogen) atoms. The molecule has 2 heteroatoms. The Hall–Kier alpha value is -2.06. The van der Waals surface area contributed by atoms with Crippen molar-refractivity contribution in [1.29, 1.82) is 0 Å². The molecule has 0 amide bonds. The van der Waals surface area contributed by atoms with Crippen LogP contribution < -0.4 is 5.73 Å². The third-order valence-electron chi connectivity index (χ3n) is 4.78. The molecule has 0 aromatic heterocycles. The number of phenols is 1. The number of aromatic hydroxyl groups is 1. The first-order valence-electron chi connectivity index (χ1n) is 7.57. The van der Waals surface area contributed by atoms with Gasteiger partial charge in [0.25, 0.3) is 0 Å². The van der Waals surface area contributed by atoms with Gasteiger partial charge in [0.2, 0.25) is 0 Å². The van der Waals surface area contributed by atoms with Crippen LogP contribution in [0.3, 0.4) is 0 Å². The fourth-order valence-electron chi connectivity index (χ4n) is 3.80. The largest absolute Gasteiger partial charge is 0.507 e. The second kappa shape index (κ2) is 4.47. The summed E-state index contributed by atoms with van der Waals surface area (Å²) in [5.74, 6) is 0.949. The summed E-state index contributed by atoms with van der Waals surface area (Å²) in [7, 11) is 0. The molecule has 0 saturated carbocycles. The third-order valence-corrected chi connectivity index (χ3v) is 4.78. The van der Waals surface area contributed by atoms with Gasteiger partial charge in [-0.3, -0.25) is 0 Å². The normalized spacial score (nSPS) is 21.6. The summed E-state index contributed by atoms with van der Waals surface area (Å²) in [4.78, 5) is 0. The Morgan fingerprint density at radius 1 is 1.00 bits per heavy atom. The first-order valence-corrected chi connectivity index (χ1v) is 7.57. The maximum absolute atomic E-state index is 10.4. The van der Waals surface area contributed by atoms with Gasteiger partial charge in [0.05, 0.1) is 0 Å². The van der Waals surface area contributed by atoms with E-state index >= 15 is 0 Å².